The van der Waals surface area contributed by atoms with E-state index in [0.717, 1.165) is 12.8 Å². The summed E-state index contributed by atoms with van der Waals surface area (Å²) < 4.78 is 26.8. The first-order valence-electron chi connectivity index (χ1n) is 8.80. The molecule has 0 aromatic carbocycles. The summed E-state index contributed by atoms with van der Waals surface area (Å²) in [6.45, 7) is 6.03. The van der Waals surface area contributed by atoms with Gasteiger partial charge in [0, 0.05) is 19.2 Å². The van der Waals surface area contributed by atoms with Gasteiger partial charge in [-0.1, -0.05) is 0 Å². The first kappa shape index (κ1) is 22.1. The van der Waals surface area contributed by atoms with Crippen LogP contribution in [0.1, 0.15) is 12.8 Å². The number of hydrogen-bond donors (Lipinski definition) is 3. The van der Waals surface area contributed by atoms with Gasteiger partial charge in [-0.15, -0.1) is 0 Å². The van der Waals surface area contributed by atoms with Crippen molar-refractivity contribution in [2.75, 3.05) is 72.6 Å². The van der Waals surface area contributed by atoms with Crippen LogP contribution in [0.4, 0.5) is 4.79 Å². The van der Waals surface area contributed by atoms with Gasteiger partial charge < -0.3 is 39.8 Å². The normalized spacial score (nSPS) is 19.6. The summed E-state index contributed by atoms with van der Waals surface area (Å²) in [5.74, 6) is 0.445. The van der Waals surface area contributed by atoms with Gasteiger partial charge in [0.15, 0.2) is 0 Å². The highest BCUT2D eigenvalue weighted by molar-refractivity contribution is 5.65. The molecular formula is C16H32N2O7. The van der Waals surface area contributed by atoms with Gasteiger partial charge in [0.25, 0.3) is 0 Å². The molecule has 1 fully saturated rings. The van der Waals surface area contributed by atoms with E-state index in [9.17, 15) is 4.79 Å². The average molecular weight is 364 g/mol. The van der Waals surface area contributed by atoms with Crippen molar-refractivity contribution in [3.63, 3.8) is 0 Å². The number of carboxylic acid groups (broad SMARTS) is 1. The molecule has 1 aliphatic rings. The molecule has 0 aromatic rings. The third-order valence-corrected chi connectivity index (χ3v) is 3.67. The lowest BCUT2D eigenvalue weighted by Gasteiger charge is -2.34. The highest BCUT2D eigenvalue weighted by Gasteiger charge is 2.30. The minimum atomic E-state index is -0.955. The second-order valence-corrected chi connectivity index (χ2v) is 5.80. The molecule has 1 amide bonds. The summed E-state index contributed by atoms with van der Waals surface area (Å²) in [6, 6.07) is 0.0851. The van der Waals surface area contributed by atoms with Crippen molar-refractivity contribution >= 4 is 6.09 Å². The van der Waals surface area contributed by atoms with Crippen LogP contribution in [0.15, 0.2) is 0 Å². The van der Waals surface area contributed by atoms with Gasteiger partial charge in [-0.3, -0.25) is 0 Å². The monoisotopic (exact) mass is 364 g/mol. The Morgan fingerprint density at radius 2 is 1.28 bits per heavy atom. The maximum absolute atomic E-state index is 10.4. The first-order chi connectivity index (χ1) is 12.2. The third-order valence-electron chi connectivity index (χ3n) is 3.67. The van der Waals surface area contributed by atoms with Crippen molar-refractivity contribution in [3.05, 3.63) is 0 Å². The van der Waals surface area contributed by atoms with Crippen molar-refractivity contribution < 1.29 is 33.6 Å². The predicted octanol–water partition coefficient (Wildman–Crippen LogP) is 0.0743. The van der Waals surface area contributed by atoms with Crippen LogP contribution in [0, 0.1) is 5.92 Å². The molecule has 4 N–H and O–H groups in total. The molecule has 0 heterocycles. The van der Waals surface area contributed by atoms with Crippen LogP contribution in [0.3, 0.4) is 0 Å². The van der Waals surface area contributed by atoms with Crippen LogP contribution < -0.4 is 11.1 Å². The Kier molecular flexibility index (Phi) is 13.5. The first-order valence-corrected chi connectivity index (χ1v) is 8.80. The van der Waals surface area contributed by atoms with Crippen molar-refractivity contribution in [2.24, 2.45) is 11.7 Å². The topological polar surface area (TPSA) is 122 Å². The maximum atomic E-state index is 10.4. The second kappa shape index (κ2) is 15.3. The lowest BCUT2D eigenvalue weighted by atomic mass is 9.81. The van der Waals surface area contributed by atoms with E-state index in [1.807, 2.05) is 0 Å². The molecule has 0 atom stereocenters. The summed E-state index contributed by atoms with van der Waals surface area (Å²) in [4.78, 5) is 10.4. The molecule has 148 valence electrons. The Balaban J connectivity index is 1.68. The number of carbonyl (C=O) groups is 1. The summed E-state index contributed by atoms with van der Waals surface area (Å²) in [5.41, 5.74) is 5.29. The Bertz CT molecular complexity index is 328. The molecule has 25 heavy (non-hydrogen) atoms. The summed E-state index contributed by atoms with van der Waals surface area (Å²) in [5, 5.41) is 11.0. The number of hydrogen-bond acceptors (Lipinski definition) is 7. The van der Waals surface area contributed by atoms with E-state index < -0.39 is 6.09 Å². The molecule has 0 unspecified atom stereocenters. The van der Waals surface area contributed by atoms with Gasteiger partial charge >= 0.3 is 6.09 Å². The molecule has 9 nitrogen and oxygen atoms in total. The Hall–Kier alpha value is -0.970. The fraction of sp³-hybridized carbons (Fsp3) is 0.938. The molecule has 0 bridgehead atoms. The quantitative estimate of drug-likeness (QED) is 0.310. The number of ether oxygens (including phenoxy) is 5. The fourth-order valence-electron chi connectivity index (χ4n) is 2.38. The molecule has 0 radical (unpaired) electrons. The van der Waals surface area contributed by atoms with E-state index in [1.54, 1.807) is 0 Å². The molecular weight excluding hydrogens is 332 g/mol. The zero-order chi connectivity index (χ0) is 18.2. The van der Waals surface area contributed by atoms with Crippen LogP contribution in [0.5, 0.6) is 0 Å². The second-order valence-electron chi connectivity index (χ2n) is 5.80. The highest BCUT2D eigenvalue weighted by Crippen LogP contribution is 2.27. The van der Waals surface area contributed by atoms with Crippen molar-refractivity contribution in [2.45, 2.75) is 18.9 Å². The summed E-state index contributed by atoms with van der Waals surface area (Å²) in [7, 11) is 0. The van der Waals surface area contributed by atoms with E-state index >= 15 is 0 Å². The van der Waals surface area contributed by atoms with Gasteiger partial charge in [0.1, 0.15) is 0 Å². The van der Waals surface area contributed by atoms with Gasteiger partial charge in [-0.2, -0.15) is 0 Å². The fourth-order valence-corrected chi connectivity index (χ4v) is 2.38. The molecule has 0 spiro atoms. The zero-order valence-electron chi connectivity index (χ0n) is 14.8. The Morgan fingerprint density at radius 1 is 0.840 bits per heavy atom. The van der Waals surface area contributed by atoms with Gasteiger partial charge in [-0.25, -0.2) is 4.79 Å². The summed E-state index contributed by atoms with van der Waals surface area (Å²) >= 11 is 0. The van der Waals surface area contributed by atoms with Gasteiger partial charge in [0.2, 0.25) is 0 Å². The molecule has 0 saturated heterocycles. The van der Waals surface area contributed by atoms with E-state index in [-0.39, 0.29) is 6.04 Å². The SMILES string of the molecule is NCCOCCOCCOCCOCCOC[C@H]1C[C@H](NC(=O)O)C1. The van der Waals surface area contributed by atoms with Crippen molar-refractivity contribution in [1.82, 2.24) is 5.32 Å². The molecule has 1 rings (SSSR count). The number of nitrogens with two attached hydrogens (primary N) is 1. The predicted molar refractivity (Wildman–Crippen MR) is 90.8 cm³/mol. The Labute approximate surface area is 149 Å². The van der Waals surface area contributed by atoms with Crippen LogP contribution in [-0.2, 0) is 23.7 Å². The van der Waals surface area contributed by atoms with Gasteiger partial charge in [0.05, 0.1) is 59.5 Å². The van der Waals surface area contributed by atoms with Crippen molar-refractivity contribution in [3.8, 4) is 0 Å². The molecule has 1 aliphatic carbocycles. The number of rotatable bonds is 17. The van der Waals surface area contributed by atoms with E-state index in [2.05, 4.69) is 5.32 Å². The molecule has 1 saturated carbocycles. The van der Waals surface area contributed by atoms with Crippen LogP contribution >= 0.6 is 0 Å². The largest absolute Gasteiger partial charge is 0.465 e. The van der Waals surface area contributed by atoms with Crippen LogP contribution in [0.2, 0.25) is 0 Å². The zero-order valence-corrected chi connectivity index (χ0v) is 14.8. The van der Waals surface area contributed by atoms with Crippen molar-refractivity contribution in [1.29, 1.82) is 0 Å². The minimum Gasteiger partial charge on any atom is -0.465 e. The van der Waals surface area contributed by atoms with Crippen LogP contribution in [0.25, 0.3) is 0 Å². The smallest absolute Gasteiger partial charge is 0.404 e. The average Bonchev–Trinajstić information content (AvgIpc) is 2.55. The number of amides is 1. The lowest BCUT2D eigenvalue weighted by molar-refractivity contribution is -0.0176. The molecule has 0 aliphatic heterocycles. The third kappa shape index (κ3) is 13.0. The summed E-state index contributed by atoms with van der Waals surface area (Å²) in [6.07, 6.45) is 0.743. The highest BCUT2D eigenvalue weighted by atomic mass is 16.6. The maximum Gasteiger partial charge on any atom is 0.404 e. The number of nitrogens with one attached hydrogen (secondary N) is 1. The van der Waals surface area contributed by atoms with E-state index in [1.165, 1.54) is 0 Å². The molecule has 9 heteroatoms. The van der Waals surface area contributed by atoms with Gasteiger partial charge in [-0.05, 0) is 18.8 Å². The standard InChI is InChI=1S/C16H32N2O7/c17-1-2-21-3-4-22-5-6-23-7-8-24-9-10-25-13-14-11-15(12-14)18-16(19)20/h14-15,18H,1-13,17H2,(H,19,20)/t14-,15-. The van der Waals surface area contributed by atoms with Crippen LogP contribution in [-0.4, -0.2) is 89.9 Å². The lowest BCUT2D eigenvalue weighted by Crippen LogP contribution is -2.45. The minimum absolute atomic E-state index is 0.0851. The van der Waals surface area contributed by atoms with E-state index in [0.29, 0.717) is 78.5 Å². The Morgan fingerprint density at radius 3 is 1.72 bits per heavy atom. The molecule has 0 aromatic heterocycles. The van der Waals surface area contributed by atoms with E-state index in [4.69, 9.17) is 34.5 Å².